The smallest absolute Gasteiger partial charge is 0.234 e. The highest BCUT2D eigenvalue weighted by atomic mass is 32.2. The van der Waals surface area contributed by atoms with Gasteiger partial charge in [-0.05, 0) is 61.4 Å². The number of ether oxygens (including phenoxy) is 1. The molecule has 0 radical (unpaired) electrons. The van der Waals surface area contributed by atoms with Crippen molar-refractivity contribution in [3.8, 4) is 5.75 Å². The van der Waals surface area contributed by atoms with Crippen molar-refractivity contribution >= 4 is 23.4 Å². The number of carbonyl (C=O) groups is 1. The van der Waals surface area contributed by atoms with Crippen LogP contribution in [0.3, 0.4) is 0 Å². The summed E-state index contributed by atoms with van der Waals surface area (Å²) in [6, 6.07) is 19.1. The lowest BCUT2D eigenvalue weighted by molar-refractivity contribution is -0.113. The molecule has 0 spiro atoms. The first-order valence-electron chi connectivity index (χ1n) is 10.2. The van der Waals surface area contributed by atoms with E-state index in [-0.39, 0.29) is 18.3 Å². The second-order valence-electron chi connectivity index (χ2n) is 7.30. The largest absolute Gasteiger partial charge is 0.486 e. The molecule has 0 saturated carbocycles. The first kappa shape index (κ1) is 21.7. The molecule has 4 aromatic rings. The number of benzene rings is 2. The highest BCUT2D eigenvalue weighted by Gasteiger charge is 2.16. The summed E-state index contributed by atoms with van der Waals surface area (Å²) in [5, 5.41) is 12.1. The summed E-state index contributed by atoms with van der Waals surface area (Å²) < 4.78 is 13.3. The van der Waals surface area contributed by atoms with Gasteiger partial charge in [0, 0.05) is 5.69 Å². The molecule has 0 aliphatic rings. The molecule has 0 unspecified atom stereocenters. The van der Waals surface area contributed by atoms with Gasteiger partial charge in [-0.2, -0.15) is 0 Å². The molecule has 2 aromatic carbocycles. The highest BCUT2D eigenvalue weighted by Crippen LogP contribution is 2.21. The van der Waals surface area contributed by atoms with Crippen LogP contribution in [0.25, 0.3) is 0 Å². The molecule has 2 aromatic heterocycles. The fourth-order valence-corrected chi connectivity index (χ4v) is 3.82. The topological polar surface area (TPSA) is 82.2 Å². The second kappa shape index (κ2) is 10.2. The van der Waals surface area contributed by atoms with E-state index in [4.69, 9.17) is 9.15 Å². The minimum atomic E-state index is -0.104. The number of amides is 1. The molecule has 164 valence electrons. The summed E-state index contributed by atoms with van der Waals surface area (Å²) in [4.78, 5) is 12.5. The summed E-state index contributed by atoms with van der Waals surface area (Å²) in [5.41, 5.74) is 3.11. The average molecular weight is 449 g/mol. The summed E-state index contributed by atoms with van der Waals surface area (Å²) in [5.74, 6) is 2.28. The lowest BCUT2D eigenvalue weighted by Crippen LogP contribution is -2.15. The molecule has 0 atom stereocenters. The third kappa shape index (κ3) is 5.59. The van der Waals surface area contributed by atoms with Crippen molar-refractivity contribution in [2.75, 3.05) is 11.1 Å². The van der Waals surface area contributed by atoms with Crippen molar-refractivity contribution in [1.82, 2.24) is 14.8 Å². The molecule has 32 heavy (non-hydrogen) atoms. The van der Waals surface area contributed by atoms with Crippen molar-refractivity contribution in [1.29, 1.82) is 0 Å². The van der Waals surface area contributed by atoms with E-state index < -0.39 is 0 Å². The van der Waals surface area contributed by atoms with Crippen LogP contribution in [0.1, 0.15) is 22.7 Å². The van der Waals surface area contributed by atoms with E-state index in [0.717, 1.165) is 22.8 Å². The predicted octanol–water partition coefficient (Wildman–Crippen LogP) is 4.85. The number of furan rings is 1. The van der Waals surface area contributed by atoms with E-state index >= 15 is 0 Å². The number of aryl methyl sites for hydroxylation is 2. The third-order valence-electron chi connectivity index (χ3n) is 4.92. The molecule has 1 amide bonds. The van der Waals surface area contributed by atoms with E-state index in [9.17, 15) is 4.79 Å². The number of nitrogens with zero attached hydrogens (tertiary/aromatic N) is 3. The van der Waals surface area contributed by atoms with Crippen LogP contribution in [0, 0.1) is 13.8 Å². The first-order valence-corrected chi connectivity index (χ1v) is 11.2. The summed E-state index contributed by atoms with van der Waals surface area (Å²) in [6.07, 6.45) is 1.63. The molecule has 0 aliphatic carbocycles. The van der Waals surface area contributed by atoms with Gasteiger partial charge in [0.05, 0.1) is 18.6 Å². The van der Waals surface area contributed by atoms with E-state index in [1.165, 1.54) is 17.3 Å². The maximum Gasteiger partial charge on any atom is 0.234 e. The van der Waals surface area contributed by atoms with Crippen LogP contribution < -0.4 is 10.1 Å². The van der Waals surface area contributed by atoms with E-state index in [0.29, 0.717) is 17.5 Å². The maximum absolute atomic E-state index is 12.5. The zero-order valence-electron chi connectivity index (χ0n) is 17.9. The minimum Gasteiger partial charge on any atom is -0.486 e. The Bertz CT molecular complexity index is 1170. The van der Waals surface area contributed by atoms with E-state index in [2.05, 4.69) is 15.5 Å². The Labute approximate surface area is 190 Å². The van der Waals surface area contributed by atoms with Gasteiger partial charge >= 0.3 is 0 Å². The average Bonchev–Trinajstić information content (AvgIpc) is 3.45. The van der Waals surface area contributed by atoms with Crippen LogP contribution in [-0.2, 0) is 17.9 Å². The Morgan fingerprint density at radius 3 is 2.66 bits per heavy atom. The predicted molar refractivity (Wildman–Crippen MR) is 124 cm³/mol. The minimum absolute atomic E-state index is 0.104. The van der Waals surface area contributed by atoms with Gasteiger partial charge in [0.2, 0.25) is 5.91 Å². The number of anilines is 1. The van der Waals surface area contributed by atoms with Crippen molar-refractivity contribution in [3.05, 3.63) is 89.6 Å². The number of rotatable bonds is 9. The van der Waals surface area contributed by atoms with Crippen molar-refractivity contribution in [3.63, 3.8) is 0 Å². The monoisotopic (exact) mass is 448 g/mol. The number of nitrogens with one attached hydrogen (secondary N) is 1. The Morgan fingerprint density at radius 1 is 1.06 bits per heavy atom. The fraction of sp³-hybridized carbons (Fsp3) is 0.208. The number of para-hydroxylation sites is 1. The fourth-order valence-electron chi connectivity index (χ4n) is 3.06. The van der Waals surface area contributed by atoms with Gasteiger partial charge in [-0.1, -0.05) is 36.0 Å². The number of carbonyl (C=O) groups excluding carboxylic acids is 1. The van der Waals surface area contributed by atoms with Crippen LogP contribution in [-0.4, -0.2) is 26.4 Å². The molecule has 0 aliphatic heterocycles. The zero-order chi connectivity index (χ0) is 22.3. The van der Waals surface area contributed by atoms with Gasteiger partial charge in [-0.25, -0.2) is 0 Å². The standard InChI is InChI=1S/C24H24N4O3S/c1-17-10-11-19(13-18(17)2)25-23(29)16-32-24-27-26-22(15-31-20-7-4-3-5-8-20)28(24)14-21-9-6-12-30-21/h3-13H,14-16H2,1-2H3,(H,25,29). The molecule has 4 rings (SSSR count). The maximum atomic E-state index is 12.5. The van der Waals surface area contributed by atoms with Crippen LogP contribution in [0.4, 0.5) is 5.69 Å². The Kier molecular flexibility index (Phi) is 6.91. The third-order valence-corrected chi connectivity index (χ3v) is 5.89. The van der Waals surface area contributed by atoms with Gasteiger partial charge < -0.3 is 14.5 Å². The summed E-state index contributed by atoms with van der Waals surface area (Å²) >= 11 is 1.33. The molecule has 2 heterocycles. The Morgan fingerprint density at radius 2 is 1.91 bits per heavy atom. The van der Waals surface area contributed by atoms with Gasteiger partial charge in [0.1, 0.15) is 18.1 Å². The first-order chi connectivity index (χ1) is 15.6. The Hall–Kier alpha value is -3.52. The van der Waals surface area contributed by atoms with Crippen molar-refractivity contribution in [2.45, 2.75) is 32.2 Å². The number of hydrogen-bond acceptors (Lipinski definition) is 6. The SMILES string of the molecule is Cc1ccc(NC(=O)CSc2nnc(COc3ccccc3)n2Cc2ccco2)cc1C. The highest BCUT2D eigenvalue weighted by molar-refractivity contribution is 7.99. The number of hydrogen-bond donors (Lipinski definition) is 1. The van der Waals surface area contributed by atoms with Crippen molar-refractivity contribution in [2.24, 2.45) is 0 Å². The summed E-state index contributed by atoms with van der Waals surface area (Å²) in [6.45, 7) is 4.78. The lowest BCUT2D eigenvalue weighted by atomic mass is 10.1. The quantitative estimate of drug-likeness (QED) is 0.369. The zero-order valence-corrected chi connectivity index (χ0v) is 18.8. The van der Waals surface area contributed by atoms with Crippen LogP contribution >= 0.6 is 11.8 Å². The van der Waals surface area contributed by atoms with Crippen LogP contribution in [0.2, 0.25) is 0 Å². The van der Waals surface area contributed by atoms with Crippen LogP contribution in [0.5, 0.6) is 5.75 Å². The molecule has 0 bridgehead atoms. The summed E-state index contributed by atoms with van der Waals surface area (Å²) in [7, 11) is 0. The second-order valence-corrected chi connectivity index (χ2v) is 8.24. The van der Waals surface area contributed by atoms with Crippen molar-refractivity contribution < 1.29 is 13.9 Å². The van der Waals surface area contributed by atoms with Gasteiger partial charge in [0.15, 0.2) is 11.0 Å². The van der Waals surface area contributed by atoms with Crippen LogP contribution in [0.15, 0.2) is 76.5 Å². The van der Waals surface area contributed by atoms with Gasteiger partial charge in [-0.15, -0.1) is 10.2 Å². The molecule has 0 saturated heterocycles. The van der Waals surface area contributed by atoms with E-state index in [1.54, 1.807) is 6.26 Å². The molecular weight excluding hydrogens is 424 g/mol. The molecular formula is C24H24N4O3S. The molecule has 1 N–H and O–H groups in total. The van der Waals surface area contributed by atoms with E-state index in [1.807, 2.05) is 79.1 Å². The molecule has 8 heteroatoms. The number of aromatic nitrogens is 3. The lowest BCUT2D eigenvalue weighted by Gasteiger charge is -2.10. The normalized spacial score (nSPS) is 10.8. The van der Waals surface area contributed by atoms with Gasteiger partial charge in [-0.3, -0.25) is 9.36 Å². The number of thioether (sulfide) groups is 1. The molecule has 0 fully saturated rings. The molecule has 7 nitrogen and oxygen atoms in total. The Balaban J connectivity index is 1.44. The van der Waals surface area contributed by atoms with Gasteiger partial charge in [0.25, 0.3) is 0 Å².